The molecule has 2 fully saturated rings. The van der Waals surface area contributed by atoms with Crippen molar-refractivity contribution in [3.8, 4) is 0 Å². The van der Waals surface area contributed by atoms with Crippen LogP contribution in [0.15, 0.2) is 0 Å². The van der Waals surface area contributed by atoms with Crippen LogP contribution in [0.2, 0.25) is 0 Å². The monoisotopic (exact) mass is 314 g/mol. The first-order chi connectivity index (χ1) is 10.3. The number of ether oxygens (including phenoxy) is 2. The molecule has 0 radical (unpaired) electrons. The summed E-state index contributed by atoms with van der Waals surface area (Å²) >= 11 is 0. The van der Waals surface area contributed by atoms with Crippen molar-refractivity contribution in [2.75, 3.05) is 39.4 Å². The first-order valence-corrected chi connectivity index (χ1v) is 7.79. The van der Waals surface area contributed by atoms with E-state index < -0.39 is 23.6 Å². The molecule has 22 heavy (non-hydrogen) atoms. The van der Waals surface area contributed by atoms with Crippen LogP contribution < -0.4 is 0 Å². The smallest absolute Gasteiger partial charge is 0.410 e. The first-order valence-electron chi connectivity index (χ1n) is 7.79. The molecular weight excluding hydrogens is 288 g/mol. The van der Waals surface area contributed by atoms with Gasteiger partial charge in [-0.2, -0.15) is 0 Å². The summed E-state index contributed by atoms with van der Waals surface area (Å²) < 4.78 is 10.7. The van der Waals surface area contributed by atoms with Gasteiger partial charge in [-0.05, 0) is 27.2 Å². The molecule has 0 aromatic rings. The molecule has 1 amide bonds. The second-order valence-corrected chi connectivity index (χ2v) is 6.96. The van der Waals surface area contributed by atoms with Crippen molar-refractivity contribution in [3.63, 3.8) is 0 Å². The Morgan fingerprint density at radius 1 is 1.18 bits per heavy atom. The number of hydrogen-bond acceptors (Lipinski definition) is 5. The van der Waals surface area contributed by atoms with E-state index >= 15 is 0 Å². The van der Waals surface area contributed by atoms with Crippen LogP contribution in [0.1, 0.15) is 27.2 Å². The van der Waals surface area contributed by atoms with Crippen LogP contribution in [0.3, 0.4) is 0 Å². The molecule has 2 rings (SSSR count). The molecule has 0 aromatic carbocycles. The molecule has 0 saturated carbocycles. The van der Waals surface area contributed by atoms with E-state index in [0.717, 1.165) is 13.1 Å². The molecule has 0 aliphatic carbocycles. The fraction of sp³-hybridized carbons (Fsp3) is 0.867. The summed E-state index contributed by atoms with van der Waals surface area (Å²) in [5.41, 5.74) is -0.582. The SMILES string of the molecule is CC(C)(C)OC(=O)N1CC(C(=O)O)CC(N2CCOCC2)C1. The van der Waals surface area contributed by atoms with Crippen molar-refractivity contribution >= 4 is 12.1 Å². The Balaban J connectivity index is 2.05. The second-order valence-electron chi connectivity index (χ2n) is 6.96. The van der Waals surface area contributed by atoms with E-state index in [2.05, 4.69) is 4.90 Å². The van der Waals surface area contributed by atoms with Crippen molar-refractivity contribution < 1.29 is 24.2 Å². The molecule has 7 nitrogen and oxygen atoms in total. The molecule has 0 spiro atoms. The molecule has 2 atom stereocenters. The number of likely N-dealkylation sites (tertiary alicyclic amines) is 1. The van der Waals surface area contributed by atoms with E-state index in [-0.39, 0.29) is 12.6 Å². The highest BCUT2D eigenvalue weighted by molar-refractivity contribution is 5.73. The van der Waals surface area contributed by atoms with Gasteiger partial charge >= 0.3 is 12.1 Å². The zero-order valence-electron chi connectivity index (χ0n) is 13.6. The van der Waals surface area contributed by atoms with Gasteiger partial charge in [0.15, 0.2) is 0 Å². The minimum Gasteiger partial charge on any atom is -0.481 e. The zero-order chi connectivity index (χ0) is 16.3. The van der Waals surface area contributed by atoms with Gasteiger partial charge in [0.2, 0.25) is 0 Å². The average Bonchev–Trinajstić information content (AvgIpc) is 2.46. The highest BCUT2D eigenvalue weighted by Gasteiger charge is 2.38. The van der Waals surface area contributed by atoms with Gasteiger partial charge in [0.05, 0.1) is 19.1 Å². The minimum absolute atomic E-state index is 0.0475. The van der Waals surface area contributed by atoms with Gasteiger partial charge in [0.1, 0.15) is 5.60 Å². The maximum atomic E-state index is 12.3. The van der Waals surface area contributed by atoms with Gasteiger partial charge in [-0.15, -0.1) is 0 Å². The van der Waals surface area contributed by atoms with Crippen LogP contribution in [-0.4, -0.2) is 78.0 Å². The lowest BCUT2D eigenvalue weighted by Crippen LogP contribution is -2.56. The van der Waals surface area contributed by atoms with Gasteiger partial charge in [0, 0.05) is 32.2 Å². The molecular formula is C15H26N2O5. The van der Waals surface area contributed by atoms with E-state index in [9.17, 15) is 14.7 Å². The zero-order valence-corrected chi connectivity index (χ0v) is 13.6. The number of amides is 1. The molecule has 7 heteroatoms. The lowest BCUT2D eigenvalue weighted by Gasteiger charge is -2.42. The average molecular weight is 314 g/mol. The predicted octanol–water partition coefficient (Wildman–Crippen LogP) is 1.03. The number of rotatable bonds is 2. The number of morpholine rings is 1. The normalized spacial score (nSPS) is 27.5. The Hall–Kier alpha value is -1.34. The van der Waals surface area contributed by atoms with Crippen LogP contribution >= 0.6 is 0 Å². The number of carbonyl (C=O) groups excluding carboxylic acids is 1. The Morgan fingerprint density at radius 2 is 1.82 bits per heavy atom. The van der Waals surface area contributed by atoms with Gasteiger partial charge < -0.3 is 19.5 Å². The van der Waals surface area contributed by atoms with Crippen molar-refractivity contribution in [1.29, 1.82) is 0 Å². The molecule has 0 bridgehead atoms. The Bertz CT molecular complexity index is 415. The standard InChI is InChI=1S/C15H26N2O5/c1-15(2,3)22-14(20)17-9-11(13(18)19)8-12(10-17)16-4-6-21-7-5-16/h11-12H,4-10H2,1-3H3,(H,18,19). The Morgan fingerprint density at radius 3 is 2.36 bits per heavy atom. The van der Waals surface area contributed by atoms with E-state index in [1.165, 1.54) is 4.90 Å². The number of piperidine rings is 1. The highest BCUT2D eigenvalue weighted by Crippen LogP contribution is 2.24. The fourth-order valence-corrected chi connectivity index (χ4v) is 2.93. The molecule has 2 saturated heterocycles. The highest BCUT2D eigenvalue weighted by atomic mass is 16.6. The molecule has 1 N–H and O–H groups in total. The Kier molecular flexibility index (Phi) is 5.28. The maximum absolute atomic E-state index is 12.3. The van der Waals surface area contributed by atoms with E-state index in [1.54, 1.807) is 0 Å². The first kappa shape index (κ1) is 17.0. The van der Waals surface area contributed by atoms with Crippen LogP contribution in [0.4, 0.5) is 4.79 Å². The summed E-state index contributed by atoms with van der Waals surface area (Å²) in [5.74, 6) is -1.40. The summed E-state index contributed by atoms with van der Waals surface area (Å²) in [6.45, 7) is 9.01. The van der Waals surface area contributed by atoms with Gasteiger partial charge in [-0.3, -0.25) is 9.69 Å². The molecule has 2 heterocycles. The van der Waals surface area contributed by atoms with Crippen molar-refractivity contribution in [2.24, 2.45) is 5.92 Å². The topological polar surface area (TPSA) is 79.3 Å². The molecule has 126 valence electrons. The van der Waals surface area contributed by atoms with Gasteiger partial charge in [-0.1, -0.05) is 0 Å². The molecule has 0 aromatic heterocycles. The number of nitrogens with zero attached hydrogens (tertiary/aromatic N) is 2. The second kappa shape index (κ2) is 6.83. The van der Waals surface area contributed by atoms with Crippen LogP contribution in [-0.2, 0) is 14.3 Å². The predicted molar refractivity (Wildman–Crippen MR) is 79.7 cm³/mol. The number of carbonyl (C=O) groups is 2. The minimum atomic E-state index is -0.855. The van der Waals surface area contributed by atoms with Crippen LogP contribution in [0.25, 0.3) is 0 Å². The van der Waals surface area contributed by atoms with Crippen LogP contribution in [0.5, 0.6) is 0 Å². The molecule has 2 unspecified atom stereocenters. The number of carboxylic acid groups (broad SMARTS) is 1. The Labute approximate surface area is 131 Å². The summed E-state index contributed by atoms with van der Waals surface area (Å²) in [7, 11) is 0. The number of hydrogen-bond donors (Lipinski definition) is 1. The van der Waals surface area contributed by atoms with Crippen LogP contribution in [0, 0.1) is 5.92 Å². The van der Waals surface area contributed by atoms with E-state index in [0.29, 0.717) is 26.2 Å². The maximum Gasteiger partial charge on any atom is 0.410 e. The lowest BCUT2D eigenvalue weighted by molar-refractivity contribution is -0.144. The van der Waals surface area contributed by atoms with E-state index in [1.807, 2.05) is 20.8 Å². The van der Waals surface area contributed by atoms with E-state index in [4.69, 9.17) is 9.47 Å². The lowest BCUT2D eigenvalue weighted by atomic mass is 9.93. The fourth-order valence-electron chi connectivity index (χ4n) is 2.93. The molecule has 2 aliphatic rings. The number of aliphatic carboxylic acids is 1. The quantitative estimate of drug-likeness (QED) is 0.820. The van der Waals surface area contributed by atoms with Gasteiger partial charge in [0.25, 0.3) is 0 Å². The summed E-state index contributed by atoms with van der Waals surface area (Å²) in [6.07, 6.45) is 0.131. The summed E-state index contributed by atoms with van der Waals surface area (Å²) in [4.78, 5) is 27.4. The molecule has 2 aliphatic heterocycles. The largest absolute Gasteiger partial charge is 0.481 e. The third-order valence-corrected chi connectivity index (χ3v) is 3.99. The van der Waals surface area contributed by atoms with Crippen molar-refractivity contribution in [1.82, 2.24) is 9.80 Å². The van der Waals surface area contributed by atoms with Crippen molar-refractivity contribution in [2.45, 2.75) is 38.8 Å². The summed E-state index contributed by atoms with van der Waals surface area (Å²) in [6, 6.07) is 0.0475. The number of carboxylic acids is 1. The third kappa shape index (κ3) is 4.58. The van der Waals surface area contributed by atoms with Gasteiger partial charge in [-0.25, -0.2) is 4.79 Å². The van der Waals surface area contributed by atoms with Crippen molar-refractivity contribution in [3.05, 3.63) is 0 Å². The summed E-state index contributed by atoms with van der Waals surface area (Å²) in [5, 5.41) is 9.36. The third-order valence-electron chi connectivity index (χ3n) is 3.99.